The first-order chi connectivity index (χ1) is 10.6. The molecule has 0 fully saturated rings. The first kappa shape index (κ1) is 15.3. The lowest BCUT2D eigenvalue weighted by molar-refractivity contribution is -0.112. The first-order valence-corrected chi connectivity index (χ1v) is 6.77. The minimum Gasteiger partial charge on any atom is -0.345 e. The number of amides is 1. The molecule has 1 aromatic carbocycles. The highest BCUT2D eigenvalue weighted by Crippen LogP contribution is 2.14. The molecule has 110 valence electrons. The number of hydrogen-bond acceptors (Lipinski definition) is 4. The standard InChI is InChI=1S/C17H16N4O/c1-12-6-3-4-8-15(12)21-17(22)14(10-18)11-20-16-13(2)7-5-9-19-16/h3-9,11H,1-2H3,(H,19,20)(H,21,22)/b14-11-. The highest BCUT2D eigenvalue weighted by molar-refractivity contribution is 6.07. The summed E-state index contributed by atoms with van der Waals surface area (Å²) in [5, 5.41) is 14.8. The molecule has 1 heterocycles. The number of hydrogen-bond donors (Lipinski definition) is 2. The number of para-hydroxylation sites is 1. The SMILES string of the molecule is Cc1ccccc1NC(=O)/C(C#N)=C\Nc1ncccc1C. The van der Waals surface area contributed by atoms with Gasteiger partial charge in [0.2, 0.25) is 0 Å². The van der Waals surface area contributed by atoms with Gasteiger partial charge < -0.3 is 10.6 Å². The second-order valence-electron chi connectivity index (χ2n) is 4.75. The molecule has 2 N–H and O–H groups in total. The molecule has 0 aliphatic heterocycles. The highest BCUT2D eigenvalue weighted by Gasteiger charge is 2.10. The van der Waals surface area contributed by atoms with Crippen molar-refractivity contribution in [2.75, 3.05) is 10.6 Å². The zero-order valence-corrected chi connectivity index (χ0v) is 12.4. The summed E-state index contributed by atoms with van der Waals surface area (Å²) in [6.07, 6.45) is 3.01. The van der Waals surface area contributed by atoms with Crippen LogP contribution in [0.1, 0.15) is 11.1 Å². The number of pyridine rings is 1. The Kier molecular flexibility index (Phi) is 4.89. The number of benzene rings is 1. The molecule has 0 bridgehead atoms. The fraction of sp³-hybridized carbons (Fsp3) is 0.118. The number of carbonyl (C=O) groups is 1. The summed E-state index contributed by atoms with van der Waals surface area (Å²) >= 11 is 0. The van der Waals surface area contributed by atoms with Gasteiger partial charge in [0.05, 0.1) is 0 Å². The number of aromatic nitrogens is 1. The molecule has 5 heteroatoms. The van der Waals surface area contributed by atoms with Crippen LogP contribution in [-0.4, -0.2) is 10.9 Å². The Morgan fingerprint density at radius 1 is 1.18 bits per heavy atom. The third kappa shape index (κ3) is 3.70. The van der Waals surface area contributed by atoms with E-state index in [1.54, 1.807) is 12.3 Å². The zero-order valence-electron chi connectivity index (χ0n) is 12.4. The van der Waals surface area contributed by atoms with Crippen molar-refractivity contribution in [3.05, 3.63) is 65.5 Å². The second kappa shape index (κ2) is 7.04. The van der Waals surface area contributed by atoms with Crippen LogP contribution in [0.15, 0.2) is 54.4 Å². The predicted molar refractivity (Wildman–Crippen MR) is 86.1 cm³/mol. The van der Waals surface area contributed by atoms with E-state index in [9.17, 15) is 4.79 Å². The molecule has 0 aliphatic rings. The largest absolute Gasteiger partial charge is 0.345 e. The van der Waals surface area contributed by atoms with Crippen molar-refractivity contribution in [2.45, 2.75) is 13.8 Å². The number of nitrogens with zero attached hydrogens (tertiary/aromatic N) is 2. The molecule has 0 atom stereocenters. The third-order valence-corrected chi connectivity index (χ3v) is 3.12. The maximum Gasteiger partial charge on any atom is 0.267 e. The molecule has 0 unspecified atom stereocenters. The zero-order chi connectivity index (χ0) is 15.9. The van der Waals surface area contributed by atoms with E-state index in [1.165, 1.54) is 6.20 Å². The van der Waals surface area contributed by atoms with Crippen molar-refractivity contribution >= 4 is 17.4 Å². The molecule has 2 aromatic rings. The lowest BCUT2D eigenvalue weighted by Crippen LogP contribution is -2.15. The third-order valence-electron chi connectivity index (χ3n) is 3.12. The molecule has 0 saturated heterocycles. The second-order valence-corrected chi connectivity index (χ2v) is 4.75. The van der Waals surface area contributed by atoms with Crippen LogP contribution in [0.2, 0.25) is 0 Å². The Labute approximate surface area is 129 Å². The van der Waals surface area contributed by atoms with Crippen LogP contribution in [-0.2, 0) is 4.79 Å². The monoisotopic (exact) mass is 292 g/mol. The van der Waals surface area contributed by atoms with Crippen molar-refractivity contribution in [3.8, 4) is 6.07 Å². The minimum absolute atomic E-state index is 0.0201. The highest BCUT2D eigenvalue weighted by atomic mass is 16.1. The molecule has 0 radical (unpaired) electrons. The van der Waals surface area contributed by atoms with Gasteiger partial charge in [-0.2, -0.15) is 5.26 Å². The van der Waals surface area contributed by atoms with Gasteiger partial charge in [-0.1, -0.05) is 24.3 Å². The fourth-order valence-corrected chi connectivity index (χ4v) is 1.83. The number of nitrogens with one attached hydrogen (secondary N) is 2. The van der Waals surface area contributed by atoms with Gasteiger partial charge in [0, 0.05) is 18.1 Å². The van der Waals surface area contributed by atoms with E-state index in [0.29, 0.717) is 11.5 Å². The van der Waals surface area contributed by atoms with Crippen LogP contribution in [0, 0.1) is 25.2 Å². The summed E-state index contributed by atoms with van der Waals surface area (Å²) in [6.45, 7) is 3.78. The Morgan fingerprint density at radius 3 is 2.59 bits per heavy atom. The molecule has 22 heavy (non-hydrogen) atoms. The fourth-order valence-electron chi connectivity index (χ4n) is 1.83. The lowest BCUT2D eigenvalue weighted by Gasteiger charge is -2.08. The number of carbonyl (C=O) groups excluding carboxylic acids is 1. The van der Waals surface area contributed by atoms with E-state index in [1.807, 2.05) is 50.2 Å². The molecule has 2 rings (SSSR count). The lowest BCUT2D eigenvalue weighted by atomic mass is 10.2. The van der Waals surface area contributed by atoms with Crippen molar-refractivity contribution < 1.29 is 4.79 Å². The summed E-state index contributed by atoms with van der Waals surface area (Å²) in [7, 11) is 0. The quantitative estimate of drug-likeness (QED) is 0.670. The van der Waals surface area contributed by atoms with Gasteiger partial charge in [0.15, 0.2) is 0 Å². The number of aryl methyl sites for hydroxylation is 2. The van der Waals surface area contributed by atoms with Gasteiger partial charge in [-0.25, -0.2) is 4.98 Å². The van der Waals surface area contributed by atoms with E-state index >= 15 is 0 Å². The number of rotatable bonds is 4. The average molecular weight is 292 g/mol. The predicted octanol–water partition coefficient (Wildman–Crippen LogP) is 3.16. The molecule has 0 aliphatic carbocycles. The van der Waals surface area contributed by atoms with Gasteiger partial charge >= 0.3 is 0 Å². The van der Waals surface area contributed by atoms with E-state index in [-0.39, 0.29) is 5.57 Å². The molecule has 5 nitrogen and oxygen atoms in total. The van der Waals surface area contributed by atoms with Crippen LogP contribution in [0.5, 0.6) is 0 Å². The van der Waals surface area contributed by atoms with Crippen LogP contribution in [0.3, 0.4) is 0 Å². The smallest absolute Gasteiger partial charge is 0.267 e. The van der Waals surface area contributed by atoms with E-state index in [0.717, 1.165) is 11.1 Å². The van der Waals surface area contributed by atoms with Crippen molar-refractivity contribution in [2.24, 2.45) is 0 Å². The van der Waals surface area contributed by atoms with Gasteiger partial charge in [0.1, 0.15) is 17.5 Å². The van der Waals surface area contributed by atoms with E-state index < -0.39 is 5.91 Å². The summed E-state index contributed by atoms with van der Waals surface area (Å²) < 4.78 is 0. The molecular weight excluding hydrogens is 276 g/mol. The van der Waals surface area contributed by atoms with Crippen LogP contribution >= 0.6 is 0 Å². The summed E-state index contributed by atoms with van der Waals surface area (Å²) in [6, 6.07) is 13.0. The number of nitriles is 1. The van der Waals surface area contributed by atoms with Crippen molar-refractivity contribution in [3.63, 3.8) is 0 Å². The summed E-state index contributed by atoms with van der Waals surface area (Å²) in [4.78, 5) is 16.3. The Balaban J connectivity index is 2.13. The topological polar surface area (TPSA) is 77.8 Å². The van der Waals surface area contributed by atoms with Gasteiger partial charge in [-0.3, -0.25) is 4.79 Å². The summed E-state index contributed by atoms with van der Waals surface area (Å²) in [5.41, 5.74) is 2.52. The Bertz CT molecular complexity index is 759. The van der Waals surface area contributed by atoms with Crippen molar-refractivity contribution in [1.29, 1.82) is 5.26 Å². The maximum absolute atomic E-state index is 12.1. The van der Waals surface area contributed by atoms with Crippen molar-refractivity contribution in [1.82, 2.24) is 4.98 Å². The molecule has 0 spiro atoms. The van der Waals surface area contributed by atoms with E-state index in [2.05, 4.69) is 15.6 Å². The Morgan fingerprint density at radius 2 is 1.91 bits per heavy atom. The van der Waals surface area contributed by atoms with Crippen LogP contribution in [0.25, 0.3) is 0 Å². The number of anilines is 2. The molecular formula is C17H16N4O. The summed E-state index contributed by atoms with van der Waals surface area (Å²) in [5.74, 6) is 0.150. The van der Waals surface area contributed by atoms with Gasteiger partial charge in [-0.05, 0) is 37.1 Å². The normalized spacial score (nSPS) is 10.7. The van der Waals surface area contributed by atoms with Crippen LogP contribution < -0.4 is 10.6 Å². The first-order valence-electron chi connectivity index (χ1n) is 6.77. The van der Waals surface area contributed by atoms with Gasteiger partial charge in [-0.15, -0.1) is 0 Å². The minimum atomic E-state index is -0.460. The van der Waals surface area contributed by atoms with Crippen LogP contribution in [0.4, 0.5) is 11.5 Å². The molecule has 0 saturated carbocycles. The molecule has 1 aromatic heterocycles. The van der Waals surface area contributed by atoms with Gasteiger partial charge in [0.25, 0.3) is 5.91 Å². The maximum atomic E-state index is 12.1. The molecule has 1 amide bonds. The Hall–Kier alpha value is -3.13. The van der Waals surface area contributed by atoms with E-state index in [4.69, 9.17) is 5.26 Å². The average Bonchev–Trinajstić information content (AvgIpc) is 2.52.